The molecule has 3 aliphatic rings. The highest BCUT2D eigenvalue weighted by atomic mass is 19.1. The van der Waals surface area contributed by atoms with Gasteiger partial charge in [-0.3, -0.25) is 14.5 Å². The molecule has 1 aromatic carbocycles. The van der Waals surface area contributed by atoms with Gasteiger partial charge in [0.1, 0.15) is 5.82 Å². The largest absolute Gasteiger partial charge is 0.353 e. The van der Waals surface area contributed by atoms with Crippen molar-refractivity contribution in [3.05, 3.63) is 35.6 Å². The van der Waals surface area contributed by atoms with Crippen LogP contribution in [0.25, 0.3) is 0 Å². The van der Waals surface area contributed by atoms with Gasteiger partial charge >= 0.3 is 0 Å². The number of carbonyl (C=O) groups is 2. The Hall–Kier alpha value is -1.95. The summed E-state index contributed by atoms with van der Waals surface area (Å²) in [5.41, 5.74) is 0.815. The number of benzene rings is 1. The quantitative estimate of drug-likeness (QED) is 0.788. The van der Waals surface area contributed by atoms with Crippen LogP contribution in [0.3, 0.4) is 0 Å². The molecule has 6 heteroatoms. The van der Waals surface area contributed by atoms with Gasteiger partial charge in [-0.2, -0.15) is 0 Å². The van der Waals surface area contributed by atoms with E-state index in [1.807, 2.05) is 11.0 Å². The molecule has 5 nitrogen and oxygen atoms in total. The summed E-state index contributed by atoms with van der Waals surface area (Å²) in [6.07, 6.45) is 5.33. The lowest BCUT2D eigenvalue weighted by Crippen LogP contribution is -2.56. The Morgan fingerprint density at radius 1 is 1.36 bits per heavy atom. The van der Waals surface area contributed by atoms with Gasteiger partial charge in [0, 0.05) is 25.7 Å². The van der Waals surface area contributed by atoms with Gasteiger partial charge in [0.05, 0.1) is 12.5 Å². The lowest BCUT2D eigenvalue weighted by atomic mass is 9.84. The van der Waals surface area contributed by atoms with Crippen LogP contribution >= 0.6 is 0 Å². The molecule has 2 N–H and O–H groups in total. The van der Waals surface area contributed by atoms with Crippen LogP contribution in [0.2, 0.25) is 0 Å². The van der Waals surface area contributed by atoms with Crippen molar-refractivity contribution in [2.45, 2.75) is 57.7 Å². The standard InChI is InChI=1S/C22H30FN3O2/c1-14(19-11-15-5-6-17(19)9-15)25-21(27)12-20-22(28)24-7-8-26(20)13-16-3-2-4-18(23)10-16/h2-4,10,14-15,17,19-20H,5-9,11-13H2,1H3,(H,24,28)(H,25,27)/t14-,15-,17-,19+,20+/m0/s1. The number of hydrogen-bond acceptors (Lipinski definition) is 3. The minimum atomic E-state index is -0.510. The van der Waals surface area contributed by atoms with E-state index in [0.29, 0.717) is 25.6 Å². The summed E-state index contributed by atoms with van der Waals surface area (Å²) in [5, 5.41) is 6.02. The van der Waals surface area contributed by atoms with E-state index in [-0.39, 0.29) is 30.1 Å². The third-order valence-electron chi connectivity index (χ3n) is 6.92. The highest BCUT2D eigenvalue weighted by Gasteiger charge is 2.42. The fraction of sp³-hybridized carbons (Fsp3) is 0.636. The number of hydrogen-bond donors (Lipinski definition) is 2. The van der Waals surface area contributed by atoms with E-state index in [1.54, 1.807) is 6.07 Å². The average Bonchev–Trinajstić information content (AvgIpc) is 3.28. The van der Waals surface area contributed by atoms with Crippen molar-refractivity contribution in [1.29, 1.82) is 0 Å². The molecule has 2 bridgehead atoms. The molecule has 1 saturated heterocycles. The molecule has 0 spiro atoms. The lowest BCUT2D eigenvalue weighted by molar-refractivity contribution is -0.134. The van der Waals surface area contributed by atoms with Crippen molar-refractivity contribution in [2.75, 3.05) is 13.1 Å². The maximum absolute atomic E-state index is 13.5. The van der Waals surface area contributed by atoms with Crippen molar-refractivity contribution < 1.29 is 14.0 Å². The Labute approximate surface area is 166 Å². The maximum Gasteiger partial charge on any atom is 0.237 e. The second-order valence-electron chi connectivity index (χ2n) is 8.81. The fourth-order valence-electron chi connectivity index (χ4n) is 5.54. The molecular weight excluding hydrogens is 357 g/mol. The second kappa shape index (κ2) is 8.19. The van der Waals surface area contributed by atoms with Gasteiger partial charge in [0.25, 0.3) is 0 Å². The minimum absolute atomic E-state index is 0.0680. The van der Waals surface area contributed by atoms with Gasteiger partial charge in [-0.25, -0.2) is 4.39 Å². The molecule has 1 aliphatic heterocycles. The van der Waals surface area contributed by atoms with Crippen LogP contribution in [0.1, 0.15) is 44.6 Å². The Bertz CT molecular complexity index is 740. The predicted molar refractivity (Wildman–Crippen MR) is 105 cm³/mol. The molecule has 2 amide bonds. The summed E-state index contributed by atoms with van der Waals surface area (Å²) in [6, 6.07) is 6.07. The number of carbonyl (C=O) groups excluding carboxylic acids is 2. The first-order valence-corrected chi connectivity index (χ1v) is 10.5. The van der Waals surface area contributed by atoms with E-state index in [1.165, 1.54) is 37.8 Å². The Balaban J connectivity index is 1.36. The number of piperazine rings is 1. The number of fused-ring (bicyclic) bond motifs is 2. The smallest absolute Gasteiger partial charge is 0.237 e. The maximum atomic E-state index is 13.5. The van der Waals surface area contributed by atoms with E-state index >= 15 is 0 Å². The molecule has 4 rings (SSSR count). The van der Waals surface area contributed by atoms with Gasteiger partial charge in [-0.15, -0.1) is 0 Å². The van der Waals surface area contributed by atoms with Crippen LogP contribution < -0.4 is 10.6 Å². The zero-order chi connectivity index (χ0) is 19.7. The summed E-state index contributed by atoms with van der Waals surface area (Å²) in [7, 11) is 0. The summed E-state index contributed by atoms with van der Waals surface area (Å²) >= 11 is 0. The first-order valence-electron chi connectivity index (χ1n) is 10.5. The molecular formula is C22H30FN3O2. The van der Waals surface area contributed by atoms with E-state index in [2.05, 4.69) is 17.6 Å². The summed E-state index contributed by atoms with van der Waals surface area (Å²) in [4.78, 5) is 27.1. The first kappa shape index (κ1) is 19.4. The predicted octanol–water partition coefficient (Wildman–Crippen LogP) is 2.46. The fourth-order valence-corrected chi connectivity index (χ4v) is 5.54. The molecule has 1 heterocycles. The van der Waals surface area contributed by atoms with Crippen molar-refractivity contribution in [3.8, 4) is 0 Å². The molecule has 1 aromatic rings. The zero-order valence-corrected chi connectivity index (χ0v) is 16.5. The van der Waals surface area contributed by atoms with E-state index in [9.17, 15) is 14.0 Å². The zero-order valence-electron chi connectivity index (χ0n) is 16.5. The molecule has 0 aromatic heterocycles. The summed E-state index contributed by atoms with van der Waals surface area (Å²) in [5.74, 6) is 1.70. The van der Waals surface area contributed by atoms with Crippen molar-refractivity contribution in [3.63, 3.8) is 0 Å². The Kier molecular flexibility index (Phi) is 5.67. The van der Waals surface area contributed by atoms with Crippen LogP contribution in [-0.2, 0) is 16.1 Å². The molecule has 2 saturated carbocycles. The Morgan fingerprint density at radius 2 is 2.21 bits per heavy atom. The first-order chi connectivity index (χ1) is 13.5. The van der Waals surface area contributed by atoms with Crippen LogP contribution in [0.5, 0.6) is 0 Å². The number of nitrogens with zero attached hydrogens (tertiary/aromatic N) is 1. The third kappa shape index (κ3) is 4.22. The minimum Gasteiger partial charge on any atom is -0.353 e. The van der Waals surface area contributed by atoms with Gasteiger partial charge in [0.15, 0.2) is 0 Å². The van der Waals surface area contributed by atoms with Crippen LogP contribution in [-0.4, -0.2) is 41.9 Å². The molecule has 28 heavy (non-hydrogen) atoms. The summed E-state index contributed by atoms with van der Waals surface area (Å²) in [6.45, 7) is 3.77. The van der Waals surface area contributed by atoms with Crippen LogP contribution in [0.4, 0.5) is 4.39 Å². The van der Waals surface area contributed by atoms with E-state index < -0.39 is 6.04 Å². The van der Waals surface area contributed by atoms with Crippen molar-refractivity contribution in [1.82, 2.24) is 15.5 Å². The Morgan fingerprint density at radius 3 is 2.93 bits per heavy atom. The van der Waals surface area contributed by atoms with Gasteiger partial charge < -0.3 is 10.6 Å². The van der Waals surface area contributed by atoms with Crippen molar-refractivity contribution in [2.24, 2.45) is 17.8 Å². The lowest BCUT2D eigenvalue weighted by Gasteiger charge is -2.35. The molecule has 3 fully saturated rings. The van der Waals surface area contributed by atoms with Crippen LogP contribution in [0.15, 0.2) is 24.3 Å². The molecule has 5 atom stereocenters. The summed E-state index contributed by atoms with van der Waals surface area (Å²) < 4.78 is 13.5. The van der Waals surface area contributed by atoms with Gasteiger partial charge in [0.2, 0.25) is 11.8 Å². The van der Waals surface area contributed by atoms with Gasteiger partial charge in [-0.1, -0.05) is 18.6 Å². The van der Waals surface area contributed by atoms with Crippen LogP contribution in [0, 0.1) is 23.6 Å². The average molecular weight is 387 g/mol. The number of nitrogens with one attached hydrogen (secondary N) is 2. The highest BCUT2D eigenvalue weighted by molar-refractivity contribution is 5.88. The van der Waals surface area contributed by atoms with E-state index in [0.717, 1.165) is 17.4 Å². The van der Waals surface area contributed by atoms with E-state index in [4.69, 9.17) is 0 Å². The monoisotopic (exact) mass is 387 g/mol. The van der Waals surface area contributed by atoms with Gasteiger partial charge in [-0.05, 0) is 61.6 Å². The molecule has 2 aliphatic carbocycles. The number of rotatable bonds is 6. The highest BCUT2D eigenvalue weighted by Crippen LogP contribution is 2.49. The molecule has 0 radical (unpaired) electrons. The third-order valence-corrected chi connectivity index (χ3v) is 6.92. The normalized spacial score (nSPS) is 30.9. The number of halogens is 1. The SMILES string of the molecule is C[C@H](NC(=O)C[C@@H]1C(=O)NCCN1Cc1cccc(F)c1)[C@H]1C[C@H]2CC[C@H]1C2. The molecule has 152 valence electrons. The van der Waals surface area contributed by atoms with Crippen molar-refractivity contribution >= 4 is 11.8 Å². The topological polar surface area (TPSA) is 61.4 Å². The number of amides is 2. The second-order valence-corrected chi connectivity index (χ2v) is 8.81. The molecule has 0 unspecified atom stereocenters.